The molecule has 0 radical (unpaired) electrons. The number of pyridine rings is 1. The fraction of sp³-hybridized carbons (Fsp3) is 0.158. The molecule has 3 heterocycles. The van der Waals surface area contributed by atoms with E-state index in [1.807, 2.05) is 48.1 Å². The van der Waals surface area contributed by atoms with Crippen LogP contribution in [0.15, 0.2) is 103 Å². The van der Waals surface area contributed by atoms with Crippen molar-refractivity contribution >= 4 is 21.8 Å². The van der Waals surface area contributed by atoms with E-state index in [-0.39, 0.29) is 25.8 Å². The van der Waals surface area contributed by atoms with Crippen LogP contribution in [0.4, 0.5) is 0 Å². The number of aryl methyl sites for hydroxylation is 1. The quantitative estimate of drug-likeness (QED) is 0.136. The Bertz CT molecular complexity index is 2120. The van der Waals surface area contributed by atoms with Gasteiger partial charge in [-0.2, -0.15) is 17.2 Å². The molecule has 0 atom stereocenters. The summed E-state index contributed by atoms with van der Waals surface area (Å²) in [6, 6.07) is 40.0. The first-order valence-corrected chi connectivity index (χ1v) is 14.5. The SMILES string of the molecule is Cc1nn(-c2[c-]c(Oc3[c-]c4c(cc3)c3ccccc3n4-c3cc(C(C)(C)C)ccn3)ccc2)c(C)c1-c1ccccc1.[Pd+2]. The smallest absolute Gasteiger partial charge is 0.509 e. The maximum absolute atomic E-state index is 6.39. The Kier molecular flexibility index (Phi) is 7.75. The van der Waals surface area contributed by atoms with Gasteiger partial charge in [0.25, 0.3) is 0 Å². The number of hydrogen-bond acceptors (Lipinski definition) is 3. The Hall–Kier alpha value is -4.50. The Morgan fingerprint density at radius 3 is 2.30 bits per heavy atom. The number of benzene rings is 4. The van der Waals surface area contributed by atoms with Crippen molar-refractivity contribution in [3.63, 3.8) is 0 Å². The fourth-order valence-corrected chi connectivity index (χ4v) is 5.82. The summed E-state index contributed by atoms with van der Waals surface area (Å²) in [6.45, 7) is 10.8. The van der Waals surface area contributed by atoms with Crippen molar-refractivity contribution in [1.82, 2.24) is 19.3 Å². The van der Waals surface area contributed by atoms with Crippen LogP contribution >= 0.6 is 0 Å². The van der Waals surface area contributed by atoms with E-state index < -0.39 is 0 Å². The third-order valence-corrected chi connectivity index (χ3v) is 7.95. The van der Waals surface area contributed by atoms with Crippen LogP contribution in [0.25, 0.3) is 44.4 Å². The Morgan fingerprint density at radius 2 is 1.50 bits per heavy atom. The van der Waals surface area contributed by atoms with E-state index >= 15 is 0 Å². The normalized spacial score (nSPS) is 11.6. The maximum Gasteiger partial charge on any atom is 2.00 e. The van der Waals surface area contributed by atoms with E-state index in [1.54, 1.807) is 0 Å². The molecular weight excluding hydrogens is 635 g/mol. The molecule has 0 saturated heterocycles. The molecule has 0 unspecified atom stereocenters. The summed E-state index contributed by atoms with van der Waals surface area (Å²) in [6.07, 6.45) is 1.89. The zero-order chi connectivity index (χ0) is 29.7. The number of aromatic nitrogens is 4. The summed E-state index contributed by atoms with van der Waals surface area (Å²) < 4.78 is 10.5. The van der Waals surface area contributed by atoms with Crippen LogP contribution in [0.5, 0.6) is 11.5 Å². The van der Waals surface area contributed by atoms with E-state index in [1.165, 1.54) is 5.56 Å². The van der Waals surface area contributed by atoms with Crippen molar-refractivity contribution in [2.75, 3.05) is 0 Å². The fourth-order valence-electron chi connectivity index (χ4n) is 5.82. The van der Waals surface area contributed by atoms with Crippen molar-refractivity contribution in [3.05, 3.63) is 132 Å². The van der Waals surface area contributed by atoms with Gasteiger partial charge in [0.05, 0.1) is 5.69 Å². The molecule has 7 rings (SSSR count). The zero-order valence-electron chi connectivity index (χ0n) is 25.3. The van der Waals surface area contributed by atoms with Gasteiger partial charge in [-0.25, -0.2) is 4.98 Å². The second-order valence-electron chi connectivity index (χ2n) is 11.9. The average Bonchev–Trinajstić information content (AvgIpc) is 3.50. The summed E-state index contributed by atoms with van der Waals surface area (Å²) in [7, 11) is 0. The minimum Gasteiger partial charge on any atom is -0.509 e. The first-order valence-electron chi connectivity index (χ1n) is 14.5. The van der Waals surface area contributed by atoms with Gasteiger partial charge in [-0.1, -0.05) is 74.8 Å². The molecule has 0 aliphatic carbocycles. The van der Waals surface area contributed by atoms with Crippen molar-refractivity contribution in [2.45, 2.75) is 40.0 Å². The summed E-state index contributed by atoms with van der Waals surface area (Å²) in [5.41, 5.74) is 8.35. The average molecular weight is 667 g/mol. The van der Waals surface area contributed by atoms with Gasteiger partial charge in [0, 0.05) is 34.5 Å². The monoisotopic (exact) mass is 666 g/mol. The molecule has 6 heteroatoms. The van der Waals surface area contributed by atoms with Crippen LogP contribution in [0.1, 0.15) is 37.7 Å². The molecule has 0 aliphatic rings. The summed E-state index contributed by atoms with van der Waals surface area (Å²) in [4.78, 5) is 4.78. The number of para-hydroxylation sites is 1. The third kappa shape index (κ3) is 5.26. The van der Waals surface area contributed by atoms with E-state index in [9.17, 15) is 0 Å². The molecule has 0 amide bonds. The van der Waals surface area contributed by atoms with Gasteiger partial charge >= 0.3 is 20.4 Å². The van der Waals surface area contributed by atoms with Crippen LogP contribution in [-0.4, -0.2) is 19.3 Å². The molecule has 3 aromatic heterocycles. The first kappa shape index (κ1) is 29.6. The molecular formula is C38H32N4OPd. The van der Waals surface area contributed by atoms with E-state index in [0.717, 1.165) is 55.8 Å². The standard InChI is InChI=1S/C38H32N4O.Pd/c1-25-37(27-12-7-6-8-13-27)26(2)42(40-25)29-14-11-15-30(23-29)43-31-18-19-33-32-16-9-10-17-34(32)41(35(33)24-31)36-22-28(20-21-39-36)38(3,4)5;/h6-22H,1-5H3;/q-2;+2. The van der Waals surface area contributed by atoms with Gasteiger partial charge in [-0.3, -0.25) is 4.68 Å². The van der Waals surface area contributed by atoms with Crippen molar-refractivity contribution in [1.29, 1.82) is 0 Å². The minimum absolute atomic E-state index is 0. The minimum atomic E-state index is 0. The Morgan fingerprint density at radius 1 is 0.750 bits per heavy atom. The van der Waals surface area contributed by atoms with Crippen LogP contribution in [0.3, 0.4) is 0 Å². The molecule has 7 aromatic rings. The summed E-state index contributed by atoms with van der Waals surface area (Å²) in [5, 5.41) is 7.10. The van der Waals surface area contributed by atoms with Crippen molar-refractivity contribution in [2.24, 2.45) is 0 Å². The van der Waals surface area contributed by atoms with E-state index in [0.29, 0.717) is 11.5 Å². The molecule has 0 bridgehead atoms. The van der Waals surface area contributed by atoms with Crippen molar-refractivity contribution < 1.29 is 25.2 Å². The van der Waals surface area contributed by atoms with Crippen LogP contribution < -0.4 is 4.74 Å². The van der Waals surface area contributed by atoms with Crippen LogP contribution in [0.2, 0.25) is 0 Å². The topological polar surface area (TPSA) is 44.9 Å². The largest absolute Gasteiger partial charge is 2.00 e. The zero-order valence-corrected chi connectivity index (χ0v) is 26.9. The molecule has 0 aliphatic heterocycles. The molecule has 0 N–H and O–H groups in total. The van der Waals surface area contributed by atoms with Gasteiger partial charge in [0.15, 0.2) is 0 Å². The molecule has 220 valence electrons. The maximum atomic E-state index is 6.39. The van der Waals surface area contributed by atoms with Gasteiger partial charge in [-0.05, 0) is 59.7 Å². The van der Waals surface area contributed by atoms with Gasteiger partial charge < -0.3 is 9.30 Å². The molecule has 4 aromatic carbocycles. The van der Waals surface area contributed by atoms with Gasteiger partial charge in [0.1, 0.15) is 5.82 Å². The van der Waals surface area contributed by atoms with Gasteiger partial charge in [-0.15, -0.1) is 35.7 Å². The predicted molar refractivity (Wildman–Crippen MR) is 173 cm³/mol. The predicted octanol–water partition coefficient (Wildman–Crippen LogP) is 9.34. The third-order valence-electron chi connectivity index (χ3n) is 7.95. The number of hydrogen-bond donors (Lipinski definition) is 0. The summed E-state index contributed by atoms with van der Waals surface area (Å²) >= 11 is 0. The van der Waals surface area contributed by atoms with E-state index in [2.05, 4.69) is 111 Å². The Balaban J connectivity index is 0.00000343. The van der Waals surface area contributed by atoms with Crippen molar-refractivity contribution in [3.8, 4) is 34.1 Å². The molecule has 5 nitrogen and oxygen atoms in total. The van der Waals surface area contributed by atoms with Crippen LogP contribution in [-0.2, 0) is 25.8 Å². The van der Waals surface area contributed by atoms with Crippen LogP contribution in [0, 0.1) is 26.0 Å². The molecule has 0 fully saturated rings. The van der Waals surface area contributed by atoms with E-state index in [4.69, 9.17) is 14.8 Å². The number of rotatable bonds is 5. The second-order valence-corrected chi connectivity index (χ2v) is 11.9. The number of nitrogens with zero attached hydrogens (tertiary/aromatic N) is 4. The first-order chi connectivity index (χ1) is 20.8. The Labute approximate surface area is 271 Å². The summed E-state index contributed by atoms with van der Waals surface area (Å²) in [5.74, 6) is 2.06. The number of fused-ring (bicyclic) bond motifs is 3. The second kappa shape index (κ2) is 11.5. The van der Waals surface area contributed by atoms with Gasteiger partial charge in [0.2, 0.25) is 0 Å². The molecule has 44 heavy (non-hydrogen) atoms. The molecule has 0 saturated carbocycles. The molecule has 0 spiro atoms. The number of ether oxygens (including phenoxy) is 1.